The summed E-state index contributed by atoms with van der Waals surface area (Å²) in [7, 11) is 1.54. The molecule has 1 atom stereocenters. The second-order valence-electron chi connectivity index (χ2n) is 6.57. The van der Waals surface area contributed by atoms with Gasteiger partial charge < -0.3 is 20.1 Å². The molecule has 0 radical (unpaired) electrons. The van der Waals surface area contributed by atoms with Gasteiger partial charge in [0.15, 0.2) is 5.13 Å². The number of ether oxygens (including phenoxy) is 2. The van der Waals surface area contributed by atoms with Gasteiger partial charge in [-0.2, -0.15) is 0 Å². The molecule has 0 fully saturated rings. The van der Waals surface area contributed by atoms with Crippen LogP contribution in [0.3, 0.4) is 0 Å². The van der Waals surface area contributed by atoms with Crippen LogP contribution >= 0.6 is 11.3 Å². The third-order valence-electron chi connectivity index (χ3n) is 4.08. The van der Waals surface area contributed by atoms with Crippen LogP contribution in [-0.2, 0) is 9.53 Å². The molecule has 29 heavy (non-hydrogen) atoms. The fourth-order valence-corrected chi connectivity index (χ4v) is 3.38. The minimum atomic E-state index is -0.778. The summed E-state index contributed by atoms with van der Waals surface area (Å²) >= 11 is 1.04. The highest BCUT2D eigenvalue weighted by Crippen LogP contribution is 2.24. The van der Waals surface area contributed by atoms with E-state index in [4.69, 9.17) is 9.47 Å². The topological polar surface area (TPSA) is 107 Å². The Morgan fingerprint density at radius 1 is 1.17 bits per heavy atom. The van der Waals surface area contributed by atoms with Gasteiger partial charge >= 0.3 is 5.97 Å². The molecular weight excluding hydrogens is 394 g/mol. The lowest BCUT2D eigenvalue weighted by Gasteiger charge is -2.21. The minimum absolute atomic E-state index is 0.164. The maximum absolute atomic E-state index is 12.7. The number of aryl methyl sites for hydroxylation is 1. The number of rotatable bonds is 8. The molecule has 0 aliphatic rings. The number of hydrogen-bond donors (Lipinski definition) is 2. The molecule has 2 aromatic rings. The van der Waals surface area contributed by atoms with E-state index in [2.05, 4.69) is 15.6 Å². The summed E-state index contributed by atoms with van der Waals surface area (Å²) in [6, 6.07) is 5.82. The van der Waals surface area contributed by atoms with Gasteiger partial charge in [-0.3, -0.25) is 9.59 Å². The number of aromatic nitrogens is 1. The number of hydrogen-bond acceptors (Lipinski definition) is 7. The highest BCUT2D eigenvalue weighted by atomic mass is 32.1. The fraction of sp³-hybridized carbons (Fsp3) is 0.400. The van der Waals surface area contributed by atoms with Gasteiger partial charge in [0.1, 0.15) is 16.7 Å². The number of nitrogens with zero attached hydrogens (tertiary/aromatic N) is 1. The molecule has 2 amide bonds. The standard InChI is InChI=1S/C20H25N3O5S/c1-6-28-19(26)16-12(4)21-20(29-16)23-18(25)15(11(2)3)22-17(24)13-7-9-14(27-5)10-8-13/h7-11,15H,6H2,1-5H3,(H,22,24)(H,21,23,25)/t15-/m1/s1. The van der Waals surface area contributed by atoms with Crippen molar-refractivity contribution in [3.8, 4) is 5.75 Å². The first-order valence-corrected chi connectivity index (χ1v) is 9.98. The average Bonchev–Trinajstić information content (AvgIpc) is 3.05. The minimum Gasteiger partial charge on any atom is -0.497 e. The molecule has 1 heterocycles. The van der Waals surface area contributed by atoms with E-state index in [1.807, 2.05) is 13.8 Å². The molecule has 1 aromatic heterocycles. The summed E-state index contributed by atoms with van der Waals surface area (Å²) in [5.41, 5.74) is 0.894. The highest BCUT2D eigenvalue weighted by Gasteiger charge is 2.26. The first-order chi connectivity index (χ1) is 13.8. The number of anilines is 1. The summed E-state index contributed by atoms with van der Waals surface area (Å²) in [5.74, 6) is -0.787. The lowest BCUT2D eigenvalue weighted by Crippen LogP contribution is -2.47. The Labute approximate surface area is 173 Å². The lowest BCUT2D eigenvalue weighted by atomic mass is 10.0. The maximum atomic E-state index is 12.7. The van der Waals surface area contributed by atoms with Gasteiger partial charge in [0, 0.05) is 5.56 Å². The van der Waals surface area contributed by atoms with Gasteiger partial charge in [0.05, 0.1) is 19.4 Å². The molecule has 2 N–H and O–H groups in total. The van der Waals surface area contributed by atoms with E-state index < -0.39 is 17.9 Å². The zero-order chi connectivity index (χ0) is 21.6. The molecule has 0 unspecified atom stereocenters. The van der Waals surface area contributed by atoms with E-state index in [0.717, 1.165) is 11.3 Å². The molecule has 0 aliphatic carbocycles. The third kappa shape index (κ3) is 5.77. The van der Waals surface area contributed by atoms with Gasteiger partial charge in [-0.1, -0.05) is 25.2 Å². The monoisotopic (exact) mass is 419 g/mol. The van der Waals surface area contributed by atoms with Gasteiger partial charge in [-0.15, -0.1) is 0 Å². The molecule has 0 saturated carbocycles. The van der Waals surface area contributed by atoms with Crippen LogP contribution in [0.2, 0.25) is 0 Å². The zero-order valence-corrected chi connectivity index (χ0v) is 17.9. The molecule has 0 spiro atoms. The normalized spacial score (nSPS) is 11.7. The molecule has 156 valence electrons. The van der Waals surface area contributed by atoms with Crippen molar-refractivity contribution >= 4 is 34.3 Å². The number of esters is 1. The average molecular weight is 420 g/mol. The number of thiazole rings is 1. The Kier molecular flexibility index (Phi) is 7.72. The highest BCUT2D eigenvalue weighted by molar-refractivity contribution is 7.17. The Morgan fingerprint density at radius 3 is 2.38 bits per heavy atom. The second kappa shape index (κ2) is 10.0. The molecule has 0 aliphatic heterocycles. The number of carbonyl (C=O) groups excluding carboxylic acids is 3. The first-order valence-electron chi connectivity index (χ1n) is 9.17. The predicted octanol–water partition coefficient (Wildman–Crippen LogP) is 3.03. The largest absolute Gasteiger partial charge is 0.497 e. The van der Waals surface area contributed by atoms with E-state index in [-0.39, 0.29) is 23.6 Å². The molecule has 0 bridgehead atoms. The Balaban J connectivity index is 2.10. The van der Waals surface area contributed by atoms with E-state index >= 15 is 0 Å². The van der Waals surface area contributed by atoms with E-state index in [0.29, 0.717) is 21.9 Å². The van der Waals surface area contributed by atoms with E-state index in [1.165, 1.54) is 0 Å². The number of nitrogens with one attached hydrogen (secondary N) is 2. The van der Waals surface area contributed by atoms with Crippen LogP contribution in [0.4, 0.5) is 5.13 Å². The quantitative estimate of drug-likeness (QED) is 0.637. The molecule has 8 nitrogen and oxygen atoms in total. The first kappa shape index (κ1) is 22.4. The number of amides is 2. The Bertz CT molecular complexity index is 877. The zero-order valence-electron chi connectivity index (χ0n) is 17.1. The lowest BCUT2D eigenvalue weighted by molar-refractivity contribution is -0.118. The van der Waals surface area contributed by atoms with Crippen LogP contribution < -0.4 is 15.4 Å². The second-order valence-corrected chi connectivity index (χ2v) is 7.57. The van der Waals surface area contributed by atoms with Crippen molar-refractivity contribution in [2.24, 2.45) is 5.92 Å². The van der Waals surface area contributed by atoms with Gasteiger partial charge in [-0.05, 0) is 44.0 Å². The summed E-state index contributed by atoms with van der Waals surface area (Å²) in [5, 5.41) is 5.71. The summed E-state index contributed by atoms with van der Waals surface area (Å²) in [4.78, 5) is 41.7. The van der Waals surface area contributed by atoms with Crippen LogP contribution in [0.25, 0.3) is 0 Å². The third-order valence-corrected chi connectivity index (χ3v) is 5.13. The number of methoxy groups -OCH3 is 1. The SMILES string of the molecule is CCOC(=O)c1sc(NC(=O)[C@H](NC(=O)c2ccc(OC)cc2)C(C)C)nc1C. The van der Waals surface area contributed by atoms with Crippen molar-refractivity contribution in [1.82, 2.24) is 10.3 Å². The molecule has 2 rings (SSSR count). The summed E-state index contributed by atoms with van der Waals surface area (Å²) < 4.78 is 10.1. The van der Waals surface area contributed by atoms with Crippen LogP contribution in [0.15, 0.2) is 24.3 Å². The van der Waals surface area contributed by atoms with Crippen LogP contribution in [0.1, 0.15) is 46.5 Å². The van der Waals surface area contributed by atoms with Crippen molar-refractivity contribution < 1.29 is 23.9 Å². The number of benzene rings is 1. The van der Waals surface area contributed by atoms with Gasteiger partial charge in [0.2, 0.25) is 5.91 Å². The van der Waals surface area contributed by atoms with Gasteiger partial charge in [0.25, 0.3) is 5.91 Å². The molecule has 9 heteroatoms. The molecular formula is C20H25N3O5S. The van der Waals surface area contributed by atoms with Gasteiger partial charge in [-0.25, -0.2) is 9.78 Å². The van der Waals surface area contributed by atoms with Crippen LogP contribution in [0, 0.1) is 12.8 Å². The van der Waals surface area contributed by atoms with Crippen molar-refractivity contribution in [1.29, 1.82) is 0 Å². The van der Waals surface area contributed by atoms with Crippen LogP contribution in [0.5, 0.6) is 5.75 Å². The fourth-order valence-electron chi connectivity index (χ4n) is 2.52. The maximum Gasteiger partial charge on any atom is 0.350 e. The van der Waals surface area contributed by atoms with Crippen molar-refractivity contribution in [3.63, 3.8) is 0 Å². The van der Waals surface area contributed by atoms with Crippen LogP contribution in [-0.4, -0.2) is 42.5 Å². The summed E-state index contributed by atoms with van der Waals surface area (Å²) in [6.07, 6.45) is 0. The van der Waals surface area contributed by atoms with Crippen molar-refractivity contribution in [3.05, 3.63) is 40.4 Å². The van der Waals surface area contributed by atoms with Crippen molar-refractivity contribution in [2.75, 3.05) is 19.0 Å². The molecule has 1 aromatic carbocycles. The van der Waals surface area contributed by atoms with E-state index in [1.54, 1.807) is 45.2 Å². The Morgan fingerprint density at radius 2 is 1.83 bits per heavy atom. The molecule has 0 saturated heterocycles. The summed E-state index contributed by atoms with van der Waals surface area (Å²) in [6.45, 7) is 7.30. The predicted molar refractivity (Wildman–Crippen MR) is 111 cm³/mol. The Hall–Kier alpha value is -2.94. The number of carbonyl (C=O) groups is 3. The van der Waals surface area contributed by atoms with Crippen molar-refractivity contribution in [2.45, 2.75) is 33.7 Å². The smallest absolute Gasteiger partial charge is 0.350 e. The van der Waals surface area contributed by atoms with E-state index in [9.17, 15) is 14.4 Å².